The first kappa shape index (κ1) is 12.2. The van der Waals surface area contributed by atoms with Gasteiger partial charge in [-0.2, -0.15) is 0 Å². The summed E-state index contributed by atoms with van der Waals surface area (Å²) in [6.07, 6.45) is 1.51. The van der Waals surface area contributed by atoms with E-state index in [2.05, 4.69) is 17.4 Å². The first-order valence-electron chi connectivity index (χ1n) is 5.62. The van der Waals surface area contributed by atoms with E-state index in [1.807, 2.05) is 39.1 Å². The Hall–Kier alpha value is -0.860. The molecule has 0 aliphatic carbocycles. The van der Waals surface area contributed by atoms with E-state index in [1.165, 1.54) is 0 Å². The molecule has 1 aromatic rings. The van der Waals surface area contributed by atoms with Crippen LogP contribution < -0.4 is 5.32 Å². The Morgan fingerprint density at radius 3 is 2.13 bits per heavy atom. The maximum absolute atomic E-state index is 10.5. The number of rotatable bonds is 5. The predicted octanol–water partition coefficient (Wildman–Crippen LogP) is 2.50. The average molecular weight is 207 g/mol. The van der Waals surface area contributed by atoms with Gasteiger partial charge in [-0.15, -0.1) is 0 Å². The zero-order valence-electron chi connectivity index (χ0n) is 9.83. The number of benzene rings is 1. The zero-order valence-corrected chi connectivity index (χ0v) is 9.83. The largest absolute Gasteiger partial charge is 0.388 e. The minimum atomic E-state index is -0.657. The van der Waals surface area contributed by atoms with Crippen molar-refractivity contribution in [3.63, 3.8) is 0 Å². The van der Waals surface area contributed by atoms with Gasteiger partial charge < -0.3 is 10.4 Å². The molecule has 0 heterocycles. The summed E-state index contributed by atoms with van der Waals surface area (Å²) in [4.78, 5) is 0. The van der Waals surface area contributed by atoms with Crippen molar-refractivity contribution in [3.8, 4) is 0 Å². The van der Waals surface area contributed by atoms with Crippen molar-refractivity contribution < 1.29 is 5.11 Å². The fraction of sp³-hybridized carbons (Fsp3) is 0.538. The maximum atomic E-state index is 10.5. The van der Waals surface area contributed by atoms with Crippen LogP contribution in [0.4, 0.5) is 0 Å². The fourth-order valence-corrected chi connectivity index (χ4v) is 2.05. The average Bonchev–Trinajstić information content (AvgIpc) is 2.31. The fourth-order valence-electron chi connectivity index (χ4n) is 2.05. The molecular formula is C13H21NO. The molecule has 2 nitrogen and oxygen atoms in total. The van der Waals surface area contributed by atoms with Crippen LogP contribution in [0.1, 0.15) is 38.3 Å². The molecule has 0 fully saturated rings. The molecule has 0 bridgehead atoms. The quantitative estimate of drug-likeness (QED) is 0.777. The minimum absolute atomic E-state index is 0.00806. The molecule has 1 rings (SSSR count). The standard InChI is InChI=1S/C13H21NO/c1-4-13(15,5-2)12(14-3)11-9-7-6-8-10-11/h6-10,12,14-15H,4-5H2,1-3H3. The summed E-state index contributed by atoms with van der Waals surface area (Å²) in [5.74, 6) is 0. The van der Waals surface area contributed by atoms with Crippen molar-refractivity contribution >= 4 is 0 Å². The molecule has 15 heavy (non-hydrogen) atoms. The van der Waals surface area contributed by atoms with Gasteiger partial charge in [0.15, 0.2) is 0 Å². The van der Waals surface area contributed by atoms with Crippen molar-refractivity contribution in [2.45, 2.75) is 38.3 Å². The highest BCUT2D eigenvalue weighted by molar-refractivity contribution is 5.22. The lowest BCUT2D eigenvalue weighted by atomic mass is 9.84. The Bertz CT molecular complexity index is 280. The Balaban J connectivity index is 2.98. The van der Waals surface area contributed by atoms with Gasteiger partial charge in [0.25, 0.3) is 0 Å². The van der Waals surface area contributed by atoms with Crippen molar-refractivity contribution in [1.82, 2.24) is 5.32 Å². The zero-order chi connectivity index (χ0) is 11.3. The van der Waals surface area contributed by atoms with Gasteiger partial charge >= 0.3 is 0 Å². The molecule has 0 spiro atoms. The van der Waals surface area contributed by atoms with E-state index in [0.717, 1.165) is 18.4 Å². The second-order valence-corrected chi connectivity index (χ2v) is 3.94. The molecule has 2 N–H and O–H groups in total. The molecule has 1 atom stereocenters. The topological polar surface area (TPSA) is 32.3 Å². The maximum Gasteiger partial charge on any atom is 0.0836 e. The van der Waals surface area contributed by atoms with Crippen LogP contribution in [0.3, 0.4) is 0 Å². The highest BCUT2D eigenvalue weighted by atomic mass is 16.3. The SMILES string of the molecule is CCC(O)(CC)C(NC)c1ccccc1. The van der Waals surface area contributed by atoms with Gasteiger partial charge in [0, 0.05) is 0 Å². The molecule has 0 saturated carbocycles. The predicted molar refractivity (Wildman–Crippen MR) is 63.8 cm³/mol. The molecule has 0 aliphatic rings. The number of aliphatic hydroxyl groups is 1. The lowest BCUT2D eigenvalue weighted by molar-refractivity contribution is -0.00460. The summed E-state index contributed by atoms with van der Waals surface area (Å²) in [6.45, 7) is 4.05. The first-order chi connectivity index (χ1) is 7.18. The van der Waals surface area contributed by atoms with E-state index in [-0.39, 0.29) is 6.04 Å². The monoisotopic (exact) mass is 207 g/mol. The van der Waals surface area contributed by atoms with Gasteiger partial charge in [0.05, 0.1) is 11.6 Å². The van der Waals surface area contributed by atoms with Crippen LogP contribution in [-0.4, -0.2) is 17.8 Å². The minimum Gasteiger partial charge on any atom is -0.388 e. The Morgan fingerprint density at radius 1 is 1.20 bits per heavy atom. The molecule has 2 heteroatoms. The summed E-state index contributed by atoms with van der Waals surface area (Å²) in [5.41, 5.74) is 0.488. The van der Waals surface area contributed by atoms with E-state index < -0.39 is 5.60 Å². The van der Waals surface area contributed by atoms with E-state index >= 15 is 0 Å². The number of hydrogen-bond acceptors (Lipinski definition) is 2. The van der Waals surface area contributed by atoms with Gasteiger partial charge in [-0.1, -0.05) is 44.2 Å². The van der Waals surface area contributed by atoms with E-state index in [0.29, 0.717) is 0 Å². The van der Waals surface area contributed by atoms with Gasteiger partial charge in [0.2, 0.25) is 0 Å². The van der Waals surface area contributed by atoms with Gasteiger partial charge in [-0.3, -0.25) is 0 Å². The summed E-state index contributed by atoms with van der Waals surface area (Å²) in [6, 6.07) is 10.1. The molecule has 84 valence electrons. The van der Waals surface area contributed by atoms with Gasteiger partial charge in [0.1, 0.15) is 0 Å². The second-order valence-electron chi connectivity index (χ2n) is 3.94. The number of nitrogens with one attached hydrogen (secondary N) is 1. The van der Waals surface area contributed by atoms with Crippen LogP contribution >= 0.6 is 0 Å². The molecule has 1 unspecified atom stereocenters. The third kappa shape index (κ3) is 2.58. The van der Waals surface area contributed by atoms with Crippen molar-refractivity contribution in [2.75, 3.05) is 7.05 Å². The van der Waals surface area contributed by atoms with Crippen molar-refractivity contribution in [2.24, 2.45) is 0 Å². The van der Waals surface area contributed by atoms with E-state index in [1.54, 1.807) is 0 Å². The molecule has 0 amide bonds. The van der Waals surface area contributed by atoms with E-state index in [4.69, 9.17) is 0 Å². The molecule has 0 saturated heterocycles. The lowest BCUT2D eigenvalue weighted by Crippen LogP contribution is -2.41. The van der Waals surface area contributed by atoms with Crippen molar-refractivity contribution in [1.29, 1.82) is 0 Å². The highest BCUT2D eigenvalue weighted by Gasteiger charge is 2.33. The summed E-state index contributed by atoms with van der Waals surface area (Å²) >= 11 is 0. The van der Waals surface area contributed by atoms with Crippen LogP contribution in [-0.2, 0) is 0 Å². The number of hydrogen-bond donors (Lipinski definition) is 2. The Labute approximate surface area is 92.3 Å². The lowest BCUT2D eigenvalue weighted by Gasteiger charge is -2.35. The molecular weight excluding hydrogens is 186 g/mol. The van der Waals surface area contributed by atoms with E-state index in [9.17, 15) is 5.11 Å². The third-order valence-corrected chi connectivity index (χ3v) is 3.18. The molecule has 1 aromatic carbocycles. The summed E-state index contributed by atoms with van der Waals surface area (Å²) in [7, 11) is 1.90. The van der Waals surface area contributed by atoms with Crippen LogP contribution in [0.15, 0.2) is 30.3 Å². The summed E-state index contributed by atoms with van der Waals surface area (Å²) in [5, 5.41) is 13.7. The van der Waals surface area contributed by atoms with Crippen LogP contribution in [0.25, 0.3) is 0 Å². The van der Waals surface area contributed by atoms with Crippen LogP contribution in [0, 0.1) is 0 Å². The smallest absolute Gasteiger partial charge is 0.0836 e. The Kier molecular flexibility index (Phi) is 4.30. The third-order valence-electron chi connectivity index (χ3n) is 3.18. The van der Waals surface area contributed by atoms with Gasteiger partial charge in [-0.25, -0.2) is 0 Å². The second kappa shape index (κ2) is 5.29. The normalized spacial score (nSPS) is 13.9. The first-order valence-corrected chi connectivity index (χ1v) is 5.62. The molecule has 0 radical (unpaired) electrons. The molecule has 0 aliphatic heterocycles. The summed E-state index contributed by atoms with van der Waals surface area (Å²) < 4.78 is 0. The van der Waals surface area contributed by atoms with Crippen LogP contribution in [0.2, 0.25) is 0 Å². The highest BCUT2D eigenvalue weighted by Crippen LogP contribution is 2.31. The van der Waals surface area contributed by atoms with Crippen molar-refractivity contribution in [3.05, 3.63) is 35.9 Å². The van der Waals surface area contributed by atoms with Crippen LogP contribution in [0.5, 0.6) is 0 Å². The molecule has 0 aromatic heterocycles. The number of likely N-dealkylation sites (N-methyl/N-ethyl adjacent to an activating group) is 1. The Morgan fingerprint density at radius 2 is 1.73 bits per heavy atom. The van der Waals surface area contributed by atoms with Gasteiger partial charge in [-0.05, 0) is 25.5 Å².